The molecule has 0 saturated heterocycles. The molecule has 0 saturated carbocycles. The minimum atomic E-state index is 0.936. The van der Waals surface area contributed by atoms with Crippen LogP contribution in [0.3, 0.4) is 0 Å². The van der Waals surface area contributed by atoms with Crippen LogP contribution >= 0.6 is 0 Å². The van der Waals surface area contributed by atoms with Crippen molar-refractivity contribution in [2.75, 3.05) is 58.1 Å². The number of benzene rings is 9. The number of aliphatic imine (C=N–C) groups is 4. The van der Waals surface area contributed by atoms with Gasteiger partial charge in [0.15, 0.2) is 0 Å². The van der Waals surface area contributed by atoms with Crippen LogP contribution in [-0.4, -0.2) is 94.6 Å². The molecule has 0 amide bonds. The van der Waals surface area contributed by atoms with Gasteiger partial charge in [-0.15, -0.1) is 0 Å². The van der Waals surface area contributed by atoms with Crippen LogP contribution in [0.2, 0.25) is 0 Å². The Balaban J connectivity index is 0.000000788. The van der Waals surface area contributed by atoms with E-state index < -0.39 is 0 Å². The van der Waals surface area contributed by atoms with Gasteiger partial charge in [-0.2, -0.15) is 0 Å². The topological polar surface area (TPSA) is 65.6 Å². The Labute approximate surface area is 894 Å². The molecule has 0 fully saturated rings. The Kier molecular flexibility index (Phi) is 65.6. The van der Waals surface area contributed by atoms with Crippen LogP contribution in [0.1, 0.15) is 344 Å². The molecule has 18 rings (SSSR count). The van der Waals surface area contributed by atoms with E-state index in [4.69, 9.17) is 0 Å². The Morgan fingerprint density at radius 2 is 0.594 bits per heavy atom. The van der Waals surface area contributed by atoms with Gasteiger partial charge in [0.25, 0.3) is 0 Å². The molecule has 9 nitrogen and oxygen atoms in total. The molecule has 9 aromatic carbocycles. The minimum absolute atomic E-state index is 0.936. The fraction of sp³-hybridized carbons (Fsp3) is 0.424. The molecule has 0 unspecified atom stereocenters. The molecule has 9 heterocycles. The van der Waals surface area contributed by atoms with E-state index in [2.05, 4.69) is 388 Å². The van der Waals surface area contributed by atoms with Crippen molar-refractivity contribution in [3.63, 3.8) is 0 Å². The summed E-state index contributed by atoms with van der Waals surface area (Å²) in [5.74, 6) is 0. The van der Waals surface area contributed by atoms with Crippen molar-refractivity contribution >= 4 is 77.8 Å². The number of fused-ring (bicyclic) bond motifs is 9. The molecule has 9 aromatic rings. The number of hydrogen-bond acceptors (Lipinski definition) is 9. The SMILES string of the molecule is C=C1C=Cc2cc(C)ccc2C(=C)N1C.C=C1C=Cc2ccc(C)cc2C(=C)N1C.C=C1Cc2ccc(C)cc2CC(=C)N1C.CC.CC.CC.CC.CC.CC.CC.CC.CC.CC1=NCCCc2cc(C)ccc21.CC1=NCCCc2ccc(C)cc21.CC1=Nc2cc(C)ccc2CCC1.CC1=Nc2ccc(C)cc2CCC1.Cc1ccc2c(c1)CCC[C](=[V])N2C.Cc1ccc2c(c1)N(C)[C](=[V])CCC2. The maximum atomic E-state index is 4.62. The standard InChI is InChI=1S/2C14H15N.C14H17N.6C12H15N.9C2H6.2V/c1-10-5-8-14-12(3)15(4)11(2)6-7-13(14)9-10;1-10-5-7-13-8-6-11(2)15(4)12(3)14(13)9-10;1-10-5-6-13-8-11(2)15(4)12(3)9-14(13)7-10;1-9-5-6-12-10(2)13-7-3-4-11(12)8-9;1-9-5-6-11-4-3-7-13-10(2)12(11)8-9;1-9-6-7-12-11(8-9)5-3-4-10(2)13-12;1-9-6-7-11-5-3-4-10(2)13-12(11)8-9;1-10-6-7-12-11(9-10)5-3-4-8-13(12)2;1-10-6-7-11-5-3-4-8-13(2)12(11)9-10;9*1-2;;/h2*5-9H,2-3H2,1,4H3;5-7H,2-3,8-9H2,1,4H3;2*5-6,8H,3-4,7H2,1-2H3;2*6-8H,3-5H2,1-2H3;2*6-7,9H,3-5H2,1-2H3;9*1-2H3;;. The normalized spacial score (nSPS) is 14.3. The summed E-state index contributed by atoms with van der Waals surface area (Å²) in [6, 6.07) is 59.4. The second-order valence-corrected chi connectivity index (χ2v) is 36.8. The first-order valence-corrected chi connectivity index (χ1v) is 55.3. The van der Waals surface area contributed by atoms with Gasteiger partial charge in [0.1, 0.15) is 0 Å². The summed E-state index contributed by atoms with van der Waals surface area (Å²) < 4.78 is 2.84. The first kappa shape index (κ1) is 130. The van der Waals surface area contributed by atoms with E-state index in [0.29, 0.717) is 0 Å². The van der Waals surface area contributed by atoms with Crippen molar-refractivity contribution in [2.24, 2.45) is 20.0 Å². The second kappa shape index (κ2) is 71.9. The van der Waals surface area contributed by atoms with Gasteiger partial charge < -0.3 is 14.7 Å². The number of allylic oxidation sites excluding steroid dienone is 4. The number of aryl methyl sites for hydroxylation is 15. The molecule has 0 aliphatic carbocycles. The summed E-state index contributed by atoms with van der Waals surface area (Å²) in [5, 5.41) is 0. The van der Waals surface area contributed by atoms with Crippen LogP contribution in [0.4, 0.5) is 22.7 Å². The Bertz CT molecular complexity index is 5710. The molecule has 0 atom stereocenters. The number of nitrogens with zero attached hydrogens (tertiary/aromatic N) is 9. The molecule has 9 aliphatic heterocycles. The van der Waals surface area contributed by atoms with Gasteiger partial charge >= 0.3 is 189 Å². The summed E-state index contributed by atoms with van der Waals surface area (Å²) in [6.45, 7) is 90.0. The third-order valence-corrected chi connectivity index (χ3v) is 26.3. The number of likely N-dealkylation sites (N-methyl/N-ethyl adjacent to an activating group) is 3. The summed E-state index contributed by atoms with van der Waals surface area (Å²) in [5.41, 5.74) is 47.1. The Morgan fingerprint density at radius 1 is 0.245 bits per heavy atom. The van der Waals surface area contributed by atoms with Crippen LogP contribution in [0.25, 0.3) is 23.5 Å². The van der Waals surface area contributed by atoms with Gasteiger partial charge in [-0.3, -0.25) is 20.0 Å². The van der Waals surface area contributed by atoms with Gasteiger partial charge in [-0.1, -0.05) is 313 Å². The van der Waals surface area contributed by atoms with Gasteiger partial charge in [-0.05, 0) is 238 Å². The zero-order valence-electron chi connectivity index (χ0n) is 96.7. The fourth-order valence-electron chi connectivity index (χ4n) is 16.7. The Morgan fingerprint density at radius 3 is 1.14 bits per heavy atom. The number of anilines is 2. The summed E-state index contributed by atoms with van der Waals surface area (Å²) >= 11 is 5.40. The third-order valence-electron chi connectivity index (χ3n) is 24.7. The number of hydrogen-bond donors (Lipinski definition) is 0. The van der Waals surface area contributed by atoms with E-state index in [-0.39, 0.29) is 0 Å². The summed E-state index contributed by atoms with van der Waals surface area (Å²) in [7, 11) is 10.4. The predicted molar refractivity (Wildman–Crippen MR) is 641 cm³/mol. The van der Waals surface area contributed by atoms with E-state index in [9.17, 15) is 0 Å². The van der Waals surface area contributed by atoms with E-state index in [1.54, 1.807) is 0 Å². The fourth-order valence-corrected chi connectivity index (χ4v) is 17.5. The molecule has 0 bridgehead atoms. The van der Waals surface area contributed by atoms with Crippen LogP contribution < -0.4 is 9.80 Å². The first-order chi connectivity index (χ1) is 68.7. The van der Waals surface area contributed by atoms with Crippen molar-refractivity contribution in [3.8, 4) is 0 Å². The average molecular weight is 2010 g/mol. The van der Waals surface area contributed by atoms with Gasteiger partial charge in [0.05, 0.1) is 11.4 Å². The van der Waals surface area contributed by atoms with Gasteiger partial charge in [0, 0.05) is 115 Å². The third kappa shape index (κ3) is 43.0. The van der Waals surface area contributed by atoms with Crippen LogP contribution in [0, 0.1) is 62.3 Å². The van der Waals surface area contributed by atoms with E-state index >= 15 is 0 Å². The van der Waals surface area contributed by atoms with Gasteiger partial charge in [0.2, 0.25) is 0 Å². The van der Waals surface area contributed by atoms with Crippen molar-refractivity contribution in [3.05, 3.63) is 366 Å². The molecule has 0 N–H and O–H groups in total. The van der Waals surface area contributed by atoms with Crippen LogP contribution in [-0.2, 0) is 85.3 Å². The zero-order valence-corrected chi connectivity index (χ0v) is 99.5. The summed E-state index contributed by atoms with van der Waals surface area (Å²) in [4.78, 5) is 29.0. The second-order valence-electron chi connectivity index (χ2n) is 35.2. The maximum absolute atomic E-state index is 4.62. The molecule has 9 aliphatic rings. The molecule has 0 aromatic heterocycles. The summed E-state index contributed by atoms with van der Waals surface area (Å²) in [6.07, 6.45) is 29.3. The van der Waals surface area contributed by atoms with Crippen molar-refractivity contribution in [1.29, 1.82) is 0 Å². The predicted octanol–water partition coefficient (Wildman–Crippen LogP) is 36.4. The van der Waals surface area contributed by atoms with Crippen LogP contribution in [0.15, 0.2) is 258 Å². The molecular formula is C132H191N9V2. The molecule has 143 heavy (non-hydrogen) atoms. The monoisotopic (exact) mass is 2000 g/mol. The van der Waals surface area contributed by atoms with Crippen molar-refractivity contribution in [2.45, 2.75) is 330 Å². The molecule has 774 valence electrons. The molecule has 0 radical (unpaired) electrons. The van der Waals surface area contributed by atoms with E-state index in [0.717, 1.165) is 73.0 Å². The van der Waals surface area contributed by atoms with E-state index in [1.165, 1.54) is 272 Å². The zero-order chi connectivity index (χ0) is 108. The van der Waals surface area contributed by atoms with Gasteiger partial charge in [-0.25, -0.2) is 0 Å². The average Bonchev–Trinajstić information content (AvgIpc) is 1.71. The quantitative estimate of drug-likeness (QED) is 0.151. The first-order valence-electron chi connectivity index (χ1n) is 53.9. The van der Waals surface area contributed by atoms with Crippen molar-refractivity contribution < 1.29 is 34.0 Å². The molecular weight excluding hydrogens is 1810 g/mol. The number of rotatable bonds is 0. The van der Waals surface area contributed by atoms with Crippen molar-refractivity contribution in [1.82, 2.24) is 14.7 Å². The molecule has 0 spiro atoms. The van der Waals surface area contributed by atoms with Crippen LogP contribution in [0.5, 0.6) is 0 Å². The Hall–Kier alpha value is -10.5. The van der Waals surface area contributed by atoms with E-state index in [1.807, 2.05) is 168 Å². The molecule has 11 heteroatoms.